The van der Waals surface area contributed by atoms with Crippen molar-refractivity contribution >= 4 is 5.97 Å². The van der Waals surface area contributed by atoms with Crippen molar-refractivity contribution in [3.63, 3.8) is 0 Å². The Morgan fingerprint density at radius 3 is 2.67 bits per heavy atom. The minimum absolute atomic E-state index is 0.0370. The van der Waals surface area contributed by atoms with E-state index >= 15 is 0 Å². The van der Waals surface area contributed by atoms with Crippen LogP contribution in [0.25, 0.3) is 0 Å². The first-order valence-corrected chi connectivity index (χ1v) is 6.01. The molecule has 0 spiro atoms. The van der Waals surface area contributed by atoms with Gasteiger partial charge in [0.15, 0.2) is 0 Å². The SMILES string of the molecule is C1CO1.CCOC(=O)c1ccnc(OC(C)C)c1. The average Bonchev–Trinajstić information content (AvgIpc) is 3.16. The van der Waals surface area contributed by atoms with Crippen molar-refractivity contribution < 1.29 is 19.0 Å². The highest BCUT2D eigenvalue weighted by atomic mass is 16.6. The molecule has 2 rings (SSSR count). The summed E-state index contributed by atoms with van der Waals surface area (Å²) >= 11 is 0. The van der Waals surface area contributed by atoms with E-state index < -0.39 is 0 Å². The first-order valence-electron chi connectivity index (χ1n) is 6.01. The summed E-state index contributed by atoms with van der Waals surface area (Å²) in [6.45, 7) is 7.93. The van der Waals surface area contributed by atoms with Crippen molar-refractivity contribution in [1.29, 1.82) is 0 Å². The van der Waals surface area contributed by atoms with Gasteiger partial charge in [-0.2, -0.15) is 0 Å². The van der Waals surface area contributed by atoms with Crippen LogP contribution in [0.1, 0.15) is 31.1 Å². The lowest BCUT2D eigenvalue weighted by atomic mass is 10.3. The summed E-state index contributed by atoms with van der Waals surface area (Å²) in [7, 11) is 0. The Labute approximate surface area is 107 Å². The third-order valence-corrected chi connectivity index (χ3v) is 1.81. The Hall–Kier alpha value is -1.62. The quantitative estimate of drug-likeness (QED) is 0.607. The van der Waals surface area contributed by atoms with Crippen LogP contribution in [0, 0.1) is 0 Å². The van der Waals surface area contributed by atoms with E-state index in [0.717, 1.165) is 13.2 Å². The number of carbonyl (C=O) groups is 1. The number of rotatable bonds is 4. The fourth-order valence-electron chi connectivity index (χ4n) is 1.06. The molecule has 1 aromatic heterocycles. The summed E-state index contributed by atoms with van der Waals surface area (Å²) < 4.78 is 14.7. The number of hydrogen-bond acceptors (Lipinski definition) is 5. The number of pyridine rings is 1. The van der Waals surface area contributed by atoms with E-state index in [1.807, 2.05) is 13.8 Å². The number of carbonyl (C=O) groups excluding carboxylic acids is 1. The Balaban J connectivity index is 0.000000468. The number of nitrogens with zero attached hydrogens (tertiary/aromatic N) is 1. The van der Waals surface area contributed by atoms with Crippen LogP contribution in [0.15, 0.2) is 18.3 Å². The van der Waals surface area contributed by atoms with Gasteiger partial charge in [0, 0.05) is 12.3 Å². The van der Waals surface area contributed by atoms with Gasteiger partial charge in [0.25, 0.3) is 0 Å². The van der Waals surface area contributed by atoms with Crippen molar-refractivity contribution in [2.75, 3.05) is 19.8 Å². The molecule has 1 aromatic rings. The van der Waals surface area contributed by atoms with Crippen LogP contribution in [0.3, 0.4) is 0 Å². The highest BCUT2D eigenvalue weighted by Gasteiger charge is 2.08. The lowest BCUT2D eigenvalue weighted by Crippen LogP contribution is -2.09. The van der Waals surface area contributed by atoms with Gasteiger partial charge in [-0.15, -0.1) is 0 Å². The fourth-order valence-corrected chi connectivity index (χ4v) is 1.06. The van der Waals surface area contributed by atoms with Crippen LogP contribution in [-0.2, 0) is 9.47 Å². The molecule has 5 heteroatoms. The second-order valence-corrected chi connectivity index (χ2v) is 3.88. The van der Waals surface area contributed by atoms with Crippen molar-refractivity contribution in [3.05, 3.63) is 23.9 Å². The van der Waals surface area contributed by atoms with Gasteiger partial charge in [-0.25, -0.2) is 9.78 Å². The van der Waals surface area contributed by atoms with Crippen molar-refractivity contribution in [2.45, 2.75) is 26.9 Å². The molecule has 0 radical (unpaired) electrons. The van der Waals surface area contributed by atoms with Gasteiger partial charge in [0.05, 0.1) is 31.5 Å². The second-order valence-electron chi connectivity index (χ2n) is 3.88. The molecule has 1 aliphatic heterocycles. The van der Waals surface area contributed by atoms with Gasteiger partial charge in [0.1, 0.15) is 0 Å². The summed E-state index contributed by atoms with van der Waals surface area (Å²) in [4.78, 5) is 15.4. The average molecular weight is 253 g/mol. The Morgan fingerprint density at radius 1 is 1.50 bits per heavy atom. The molecule has 0 bridgehead atoms. The van der Waals surface area contributed by atoms with Gasteiger partial charge >= 0.3 is 5.97 Å². The molecule has 2 heterocycles. The molecule has 0 amide bonds. The maximum atomic E-state index is 11.4. The molecule has 0 unspecified atom stereocenters. The number of aromatic nitrogens is 1. The monoisotopic (exact) mass is 253 g/mol. The molecule has 0 atom stereocenters. The lowest BCUT2D eigenvalue weighted by molar-refractivity contribution is 0.0525. The highest BCUT2D eigenvalue weighted by Crippen LogP contribution is 2.11. The fraction of sp³-hybridized carbons (Fsp3) is 0.538. The topological polar surface area (TPSA) is 61.0 Å². The smallest absolute Gasteiger partial charge is 0.338 e. The molecule has 0 aliphatic carbocycles. The van der Waals surface area contributed by atoms with Gasteiger partial charge in [-0.3, -0.25) is 0 Å². The van der Waals surface area contributed by atoms with Crippen molar-refractivity contribution in [1.82, 2.24) is 4.98 Å². The third-order valence-electron chi connectivity index (χ3n) is 1.81. The summed E-state index contributed by atoms with van der Waals surface area (Å²) in [5.41, 5.74) is 0.461. The molecule has 1 fully saturated rings. The molecular formula is C13H19NO4. The van der Waals surface area contributed by atoms with Crippen LogP contribution < -0.4 is 4.74 Å². The van der Waals surface area contributed by atoms with Crippen molar-refractivity contribution in [3.8, 4) is 5.88 Å². The molecular weight excluding hydrogens is 234 g/mol. The van der Waals surface area contributed by atoms with Gasteiger partial charge < -0.3 is 14.2 Å². The summed E-state index contributed by atoms with van der Waals surface area (Å²) in [6.07, 6.45) is 1.57. The summed E-state index contributed by atoms with van der Waals surface area (Å²) in [5.74, 6) is 0.0871. The molecule has 100 valence electrons. The van der Waals surface area contributed by atoms with E-state index in [2.05, 4.69) is 9.72 Å². The summed E-state index contributed by atoms with van der Waals surface area (Å²) in [6, 6.07) is 3.18. The van der Waals surface area contributed by atoms with Crippen LogP contribution >= 0.6 is 0 Å². The van der Waals surface area contributed by atoms with Crippen LogP contribution in [0.4, 0.5) is 0 Å². The maximum Gasteiger partial charge on any atom is 0.338 e. The lowest BCUT2D eigenvalue weighted by Gasteiger charge is -2.09. The summed E-state index contributed by atoms with van der Waals surface area (Å²) in [5, 5.41) is 0. The maximum absolute atomic E-state index is 11.4. The third kappa shape index (κ3) is 6.20. The minimum Gasteiger partial charge on any atom is -0.475 e. The van der Waals surface area contributed by atoms with E-state index in [1.165, 1.54) is 6.20 Å². The molecule has 1 saturated heterocycles. The minimum atomic E-state index is -0.353. The van der Waals surface area contributed by atoms with E-state index in [1.54, 1.807) is 19.1 Å². The molecule has 1 aliphatic rings. The van der Waals surface area contributed by atoms with E-state index in [9.17, 15) is 4.79 Å². The van der Waals surface area contributed by atoms with Crippen molar-refractivity contribution in [2.24, 2.45) is 0 Å². The second kappa shape index (κ2) is 7.66. The Bertz CT molecular complexity index is 374. The van der Waals surface area contributed by atoms with Crippen LogP contribution in [0.5, 0.6) is 5.88 Å². The van der Waals surface area contributed by atoms with Gasteiger partial charge in [-0.05, 0) is 26.8 Å². The van der Waals surface area contributed by atoms with E-state index in [0.29, 0.717) is 18.1 Å². The normalized spacial score (nSPS) is 12.4. The molecule has 0 N–H and O–H groups in total. The molecule has 0 aromatic carbocycles. The van der Waals surface area contributed by atoms with Crippen LogP contribution in [0.2, 0.25) is 0 Å². The number of esters is 1. The number of epoxide rings is 1. The Morgan fingerprint density at radius 2 is 2.17 bits per heavy atom. The molecule has 18 heavy (non-hydrogen) atoms. The molecule has 5 nitrogen and oxygen atoms in total. The van der Waals surface area contributed by atoms with Gasteiger partial charge in [-0.1, -0.05) is 0 Å². The largest absolute Gasteiger partial charge is 0.475 e. The van der Waals surface area contributed by atoms with Crippen LogP contribution in [-0.4, -0.2) is 36.9 Å². The Kier molecular flexibility index (Phi) is 6.14. The molecule has 0 saturated carbocycles. The first-order chi connectivity index (χ1) is 8.63. The highest BCUT2D eigenvalue weighted by molar-refractivity contribution is 5.89. The number of hydrogen-bond donors (Lipinski definition) is 0. The standard InChI is InChI=1S/C11H15NO3.C2H4O/c1-4-14-11(13)9-5-6-12-10(7-9)15-8(2)3;1-2-3-1/h5-8H,4H2,1-3H3;1-2H2. The van der Waals surface area contributed by atoms with Gasteiger partial charge in [0.2, 0.25) is 5.88 Å². The first kappa shape index (κ1) is 14.4. The predicted molar refractivity (Wildman–Crippen MR) is 66.8 cm³/mol. The predicted octanol–water partition coefficient (Wildman–Crippen LogP) is 2.06. The zero-order valence-electron chi connectivity index (χ0n) is 11.0. The number of ether oxygens (including phenoxy) is 3. The zero-order chi connectivity index (χ0) is 13.4. The zero-order valence-corrected chi connectivity index (χ0v) is 11.0. The van der Waals surface area contributed by atoms with E-state index in [-0.39, 0.29) is 12.1 Å². The van der Waals surface area contributed by atoms with E-state index in [4.69, 9.17) is 9.47 Å².